The van der Waals surface area contributed by atoms with Crippen LogP contribution in [0.3, 0.4) is 0 Å². The molecule has 1 aromatic rings. The topological polar surface area (TPSA) is 115 Å². The van der Waals surface area contributed by atoms with Gasteiger partial charge in [0.15, 0.2) is 6.04 Å². The Labute approximate surface area is 174 Å². The van der Waals surface area contributed by atoms with Crippen molar-refractivity contribution in [3.05, 3.63) is 34.9 Å². The van der Waals surface area contributed by atoms with Crippen LogP contribution in [0.2, 0.25) is 5.02 Å². The molecule has 0 radical (unpaired) electrons. The van der Waals surface area contributed by atoms with Gasteiger partial charge in [0.25, 0.3) is 5.91 Å². The van der Waals surface area contributed by atoms with E-state index >= 15 is 0 Å². The van der Waals surface area contributed by atoms with Crippen LogP contribution in [0.5, 0.6) is 0 Å². The Bertz CT molecular complexity index is 693. The van der Waals surface area contributed by atoms with Crippen molar-refractivity contribution < 1.29 is 24.8 Å². The maximum atomic E-state index is 12.5. The maximum absolute atomic E-state index is 12.5. The van der Waals surface area contributed by atoms with Gasteiger partial charge in [0, 0.05) is 23.9 Å². The van der Waals surface area contributed by atoms with Crippen LogP contribution in [0.15, 0.2) is 24.3 Å². The average molecular weight is 428 g/mol. The molecule has 154 valence electrons. The third-order valence-electron chi connectivity index (χ3n) is 4.67. The van der Waals surface area contributed by atoms with Crippen LogP contribution in [0.4, 0.5) is 0 Å². The lowest BCUT2D eigenvalue weighted by molar-refractivity contribution is -0.648. The number of carbonyl (C=O) groups excluding carboxylic acids is 3. The number of rotatable bonds is 9. The Morgan fingerprint density at radius 2 is 1.96 bits per heavy atom. The smallest absolute Gasteiger partial charge is 0.279 e. The van der Waals surface area contributed by atoms with Gasteiger partial charge in [-0.2, -0.15) is 0 Å². The van der Waals surface area contributed by atoms with Gasteiger partial charge >= 0.3 is 0 Å². The van der Waals surface area contributed by atoms with Gasteiger partial charge in [-0.15, -0.1) is 0 Å². The summed E-state index contributed by atoms with van der Waals surface area (Å²) >= 11 is 7.66. The van der Waals surface area contributed by atoms with Gasteiger partial charge in [-0.25, -0.2) is 0 Å². The number of nitrogens with two attached hydrogens (primary N) is 1. The molecule has 0 bridgehead atoms. The molecule has 7 nitrogen and oxygen atoms in total. The van der Waals surface area contributed by atoms with E-state index in [4.69, 9.17) is 11.6 Å². The Kier molecular flexibility index (Phi) is 8.59. The Balaban J connectivity index is 2.04. The molecule has 1 heterocycles. The van der Waals surface area contributed by atoms with Crippen LogP contribution >= 0.6 is 23.4 Å². The van der Waals surface area contributed by atoms with Crippen molar-refractivity contribution in [1.29, 1.82) is 0 Å². The minimum absolute atomic E-state index is 0.0432. The Morgan fingerprint density at radius 3 is 2.50 bits per heavy atom. The van der Waals surface area contributed by atoms with Crippen molar-refractivity contribution >= 4 is 41.1 Å². The van der Waals surface area contributed by atoms with E-state index in [1.807, 2.05) is 17.4 Å². The monoisotopic (exact) mass is 427 g/mol. The fourth-order valence-electron chi connectivity index (χ4n) is 2.98. The third kappa shape index (κ3) is 6.68. The highest BCUT2D eigenvalue weighted by Crippen LogP contribution is 2.21. The number of aliphatic carboxylic acids is 1. The zero-order chi connectivity index (χ0) is 20.7. The zero-order valence-electron chi connectivity index (χ0n) is 15.9. The van der Waals surface area contributed by atoms with Crippen LogP contribution in [0.25, 0.3) is 0 Å². The van der Waals surface area contributed by atoms with Gasteiger partial charge in [0.2, 0.25) is 5.91 Å². The molecule has 1 aliphatic heterocycles. The minimum atomic E-state index is -1.31. The Morgan fingerprint density at radius 1 is 1.29 bits per heavy atom. The summed E-state index contributed by atoms with van der Waals surface area (Å²) < 4.78 is 0. The zero-order valence-corrected chi connectivity index (χ0v) is 17.5. The van der Waals surface area contributed by atoms with Crippen LogP contribution < -0.4 is 21.1 Å². The summed E-state index contributed by atoms with van der Waals surface area (Å²) in [5.74, 6) is -0.739. The van der Waals surface area contributed by atoms with Crippen molar-refractivity contribution in [3.63, 3.8) is 0 Å². The lowest BCUT2D eigenvalue weighted by Gasteiger charge is -2.25. The molecule has 3 atom stereocenters. The largest absolute Gasteiger partial charge is 0.548 e. The molecule has 0 aliphatic carbocycles. The molecule has 1 aromatic carbocycles. The number of benzene rings is 1. The van der Waals surface area contributed by atoms with Gasteiger partial charge in [0.05, 0.1) is 17.8 Å². The van der Waals surface area contributed by atoms with Crippen molar-refractivity contribution in [2.75, 3.05) is 18.2 Å². The first kappa shape index (κ1) is 22.5. The molecule has 2 amide bonds. The van der Waals surface area contributed by atoms with Crippen molar-refractivity contribution in [2.24, 2.45) is 5.92 Å². The quantitative estimate of drug-likeness (QED) is 0.489. The van der Waals surface area contributed by atoms with Gasteiger partial charge in [-0.05, 0) is 23.6 Å². The van der Waals surface area contributed by atoms with Gasteiger partial charge in [-0.1, -0.05) is 49.3 Å². The van der Waals surface area contributed by atoms with Crippen LogP contribution in [0.1, 0.15) is 31.7 Å². The van der Waals surface area contributed by atoms with E-state index in [-0.39, 0.29) is 36.8 Å². The molecule has 1 aliphatic rings. The molecule has 0 unspecified atom stereocenters. The molecule has 2 rings (SSSR count). The minimum Gasteiger partial charge on any atom is -0.548 e. The fraction of sp³-hybridized carbons (Fsp3) is 0.526. The molecule has 4 N–H and O–H groups in total. The van der Waals surface area contributed by atoms with E-state index in [1.54, 1.807) is 37.7 Å². The second-order valence-corrected chi connectivity index (χ2v) is 8.70. The van der Waals surface area contributed by atoms with Gasteiger partial charge < -0.3 is 25.9 Å². The number of hydrogen-bond donors (Lipinski definition) is 3. The second kappa shape index (κ2) is 10.7. The first-order chi connectivity index (χ1) is 13.3. The SMILES string of the molecule is CC(C)[C@H](NC(=O)C[C@@H](CNC(=O)[C@@H]1CSC[NH2+]1)c1ccc(Cl)cc1)C(=O)[O-]. The van der Waals surface area contributed by atoms with E-state index in [9.17, 15) is 19.5 Å². The standard InChI is InChI=1S/C19H26ClN3O4S/c1-11(2)17(19(26)27)23-16(24)7-13(12-3-5-14(20)6-4-12)8-21-18(25)15-9-28-10-22-15/h3-6,11,13,15,17,22H,7-10H2,1-2H3,(H,21,25)(H,23,24)(H,26,27)/t13-,15-,17-/m0/s1. The van der Waals surface area contributed by atoms with Crippen molar-refractivity contribution in [3.8, 4) is 0 Å². The molecule has 0 aromatic heterocycles. The fourth-order valence-corrected chi connectivity index (χ4v) is 4.15. The molecule has 28 heavy (non-hydrogen) atoms. The molecule has 1 fully saturated rings. The molecular weight excluding hydrogens is 402 g/mol. The number of nitrogens with one attached hydrogen (secondary N) is 2. The first-order valence-corrected chi connectivity index (χ1v) is 10.8. The van der Waals surface area contributed by atoms with Gasteiger partial charge in [0.1, 0.15) is 5.88 Å². The second-order valence-electron chi connectivity index (χ2n) is 7.19. The summed E-state index contributed by atoms with van der Waals surface area (Å²) in [6.45, 7) is 3.68. The average Bonchev–Trinajstić information content (AvgIpc) is 3.18. The van der Waals surface area contributed by atoms with Crippen LogP contribution in [-0.2, 0) is 14.4 Å². The van der Waals surface area contributed by atoms with E-state index in [1.165, 1.54) is 0 Å². The summed E-state index contributed by atoms with van der Waals surface area (Å²) in [7, 11) is 0. The molecule has 9 heteroatoms. The van der Waals surface area contributed by atoms with Gasteiger partial charge in [-0.3, -0.25) is 9.59 Å². The maximum Gasteiger partial charge on any atom is 0.279 e. The predicted molar refractivity (Wildman–Crippen MR) is 107 cm³/mol. The number of halogens is 1. The molecule has 0 spiro atoms. The number of amides is 2. The van der Waals surface area contributed by atoms with Crippen molar-refractivity contribution in [1.82, 2.24) is 10.6 Å². The predicted octanol–water partition coefficient (Wildman–Crippen LogP) is -0.543. The number of thioether (sulfide) groups is 1. The van der Waals surface area contributed by atoms with Crippen molar-refractivity contribution in [2.45, 2.75) is 38.3 Å². The highest BCUT2D eigenvalue weighted by atomic mass is 35.5. The van der Waals surface area contributed by atoms with E-state index in [2.05, 4.69) is 10.6 Å². The molecule has 0 saturated carbocycles. The highest BCUT2D eigenvalue weighted by Gasteiger charge is 2.28. The van der Waals surface area contributed by atoms with Crippen LogP contribution in [-0.4, -0.2) is 48.0 Å². The summed E-state index contributed by atoms with van der Waals surface area (Å²) in [6.07, 6.45) is 0.0432. The summed E-state index contributed by atoms with van der Waals surface area (Å²) in [4.78, 5) is 36.0. The van der Waals surface area contributed by atoms with E-state index in [0.29, 0.717) is 5.02 Å². The number of hydrogen-bond acceptors (Lipinski definition) is 5. The summed E-state index contributed by atoms with van der Waals surface area (Å²) in [5.41, 5.74) is 0.846. The van der Waals surface area contributed by atoms with Crippen LogP contribution in [0, 0.1) is 5.92 Å². The van der Waals surface area contributed by atoms with E-state index < -0.39 is 17.9 Å². The first-order valence-electron chi connectivity index (χ1n) is 9.22. The molecule has 1 saturated heterocycles. The number of carboxylic acid groups (broad SMARTS) is 1. The number of carbonyl (C=O) groups is 3. The number of carboxylic acids is 1. The third-order valence-corrected chi connectivity index (χ3v) is 5.94. The Hall–Kier alpha value is -1.77. The van der Waals surface area contributed by atoms with E-state index in [0.717, 1.165) is 17.2 Å². The highest BCUT2D eigenvalue weighted by molar-refractivity contribution is 7.99. The molecular formula is C19H26ClN3O4S. The summed E-state index contributed by atoms with van der Waals surface area (Å²) in [6, 6.07) is 5.89. The normalized spacial score (nSPS) is 18.5. The lowest BCUT2D eigenvalue weighted by Crippen LogP contribution is -2.89. The number of quaternary nitrogens is 1. The lowest BCUT2D eigenvalue weighted by atomic mass is 9.94. The summed E-state index contributed by atoms with van der Waals surface area (Å²) in [5, 5.41) is 19.2.